The predicted molar refractivity (Wildman–Crippen MR) is 25.5 cm³/mol. The van der Waals surface area contributed by atoms with Crippen LogP contribution in [0.5, 0.6) is 0 Å². The summed E-state index contributed by atoms with van der Waals surface area (Å²) in [5.41, 5.74) is 0. The van der Waals surface area contributed by atoms with E-state index in [0.29, 0.717) is 0 Å². The monoisotopic (exact) mass is 187 g/mol. The molecule has 33 valence electrons. The van der Waals surface area contributed by atoms with E-state index in [9.17, 15) is 0 Å². The molecular formula is H2Cl3FeMg. The normalized spacial score (nSPS) is 9.00. The molecule has 0 aromatic heterocycles. The van der Waals surface area contributed by atoms with Crippen LogP contribution in [0.4, 0.5) is 0 Å². The molecule has 0 aromatic rings. The van der Waals surface area contributed by atoms with Crippen molar-refractivity contribution in [2.45, 2.75) is 0 Å². The molecule has 0 bridgehead atoms. The third-order valence-corrected chi connectivity index (χ3v) is 0. The first-order chi connectivity index (χ1) is 1.73. The van der Waals surface area contributed by atoms with Crippen LogP contribution < -0.4 is 0 Å². The topological polar surface area (TPSA) is 0 Å². The van der Waals surface area contributed by atoms with Gasteiger partial charge >= 0.3 is 64.5 Å². The summed E-state index contributed by atoms with van der Waals surface area (Å²) in [4.78, 5) is 0. The Morgan fingerprint density at radius 2 is 1.20 bits per heavy atom. The van der Waals surface area contributed by atoms with Crippen LogP contribution in [0.3, 0.4) is 0 Å². The van der Waals surface area contributed by atoms with Crippen molar-refractivity contribution in [3.63, 3.8) is 0 Å². The van der Waals surface area contributed by atoms with Gasteiger partial charge in [-0.1, -0.05) is 0 Å². The molecule has 5 heteroatoms. The first-order valence-corrected chi connectivity index (χ1v) is 4.96. The Balaban J connectivity index is -0.0000000150. The van der Waals surface area contributed by atoms with Crippen molar-refractivity contribution in [2.24, 2.45) is 0 Å². The average Bonchev–Trinajstić information content (AvgIpc) is 0.811. The first-order valence-electron chi connectivity index (χ1n) is 0.401. The van der Waals surface area contributed by atoms with Crippen molar-refractivity contribution in [1.29, 1.82) is 0 Å². The van der Waals surface area contributed by atoms with Gasteiger partial charge in [0.2, 0.25) is 0 Å². The number of halogens is 3. The summed E-state index contributed by atoms with van der Waals surface area (Å²) in [7, 11) is 14.7. The van der Waals surface area contributed by atoms with Gasteiger partial charge in [-0.2, -0.15) is 0 Å². The van der Waals surface area contributed by atoms with E-state index in [1.54, 1.807) is 0 Å². The van der Waals surface area contributed by atoms with Gasteiger partial charge in [-0.3, -0.25) is 0 Å². The molecule has 0 heterocycles. The van der Waals surface area contributed by atoms with Gasteiger partial charge in [0.25, 0.3) is 0 Å². The van der Waals surface area contributed by atoms with E-state index in [1.807, 2.05) is 0 Å². The zero-order chi connectivity index (χ0) is 3.58. The van der Waals surface area contributed by atoms with Crippen LogP contribution in [0.15, 0.2) is 0 Å². The summed E-state index contributed by atoms with van der Waals surface area (Å²) in [6.07, 6.45) is 0. The molecule has 0 radical (unpaired) electrons. The van der Waals surface area contributed by atoms with E-state index in [1.165, 1.54) is 0 Å². The predicted octanol–water partition coefficient (Wildman–Crippen LogP) is 1.91. The molecule has 0 saturated heterocycles. The van der Waals surface area contributed by atoms with Gasteiger partial charge in [-0.25, -0.2) is 0 Å². The molecule has 0 aliphatic heterocycles. The van der Waals surface area contributed by atoms with E-state index >= 15 is 0 Å². The maximum absolute atomic E-state index is 4.89. The van der Waals surface area contributed by atoms with Gasteiger partial charge < -0.3 is 2.85 Å². The Morgan fingerprint density at radius 1 is 1.20 bits per heavy atom. The van der Waals surface area contributed by atoms with E-state index in [2.05, 4.69) is 0 Å². The molecule has 0 fully saturated rings. The fourth-order valence-corrected chi connectivity index (χ4v) is 0. The maximum Gasteiger partial charge on any atom is 2.00 e. The van der Waals surface area contributed by atoms with E-state index < -0.39 is 11.2 Å². The maximum atomic E-state index is 4.89. The third kappa shape index (κ3) is 22.9. The van der Waals surface area contributed by atoms with Gasteiger partial charge in [0, 0.05) is 0 Å². The van der Waals surface area contributed by atoms with Crippen molar-refractivity contribution in [1.82, 2.24) is 0 Å². The molecule has 0 rings (SSSR count). The van der Waals surface area contributed by atoms with Crippen molar-refractivity contribution >= 4 is 53.3 Å². The smallest absolute Gasteiger partial charge is 1.00 e. The molecule has 0 nitrogen and oxygen atoms in total. The minimum Gasteiger partial charge on any atom is -1.00 e. The molecule has 0 spiro atoms. The summed E-state index contributed by atoms with van der Waals surface area (Å²) in [6, 6.07) is 0. The third-order valence-electron chi connectivity index (χ3n) is 0. The largest absolute Gasteiger partial charge is 2.00 e. The zero-order valence-electron chi connectivity index (χ0n) is 4.19. The molecule has 0 N–H and O–H groups in total. The molecule has 0 atom stereocenters. The number of hydrogen-bond acceptors (Lipinski definition) is 0. The van der Waals surface area contributed by atoms with E-state index in [4.69, 9.17) is 30.3 Å². The van der Waals surface area contributed by atoms with Crippen LogP contribution in [-0.2, 0) is 11.2 Å². The quantitative estimate of drug-likeness (QED) is 0.510. The molecule has 0 unspecified atom stereocenters. The average molecular weight is 189 g/mol. The molecule has 0 aromatic carbocycles. The second kappa shape index (κ2) is 6.16. The Bertz CT molecular complexity index is 17.7. The van der Waals surface area contributed by atoms with Gasteiger partial charge in [-0.15, -0.1) is 0 Å². The fourth-order valence-electron chi connectivity index (χ4n) is 0. The van der Waals surface area contributed by atoms with Gasteiger partial charge in [0.1, 0.15) is 0 Å². The molecule has 0 aliphatic rings. The Hall–Kier alpha value is 2.16. The van der Waals surface area contributed by atoms with Crippen LogP contribution >= 0.6 is 30.3 Å². The van der Waals surface area contributed by atoms with E-state index in [0.717, 1.165) is 0 Å². The van der Waals surface area contributed by atoms with Crippen LogP contribution in [0.1, 0.15) is 2.85 Å². The second-order valence-corrected chi connectivity index (χ2v) is 5.62. The zero-order valence-corrected chi connectivity index (χ0v) is 6.98. The number of hydrogen-bond donors (Lipinski definition) is 0. The summed E-state index contributed by atoms with van der Waals surface area (Å²) in [6.45, 7) is 0. The summed E-state index contributed by atoms with van der Waals surface area (Å²) >= 11 is -1.33. The summed E-state index contributed by atoms with van der Waals surface area (Å²) < 4.78 is 0. The number of rotatable bonds is 0. The van der Waals surface area contributed by atoms with E-state index in [-0.39, 0.29) is 25.9 Å². The molecule has 0 amide bonds. The van der Waals surface area contributed by atoms with Crippen LogP contribution in [-0.4, -0.2) is 23.1 Å². The van der Waals surface area contributed by atoms with Crippen molar-refractivity contribution in [3.05, 3.63) is 0 Å². The Labute approximate surface area is 66.8 Å². The summed E-state index contributed by atoms with van der Waals surface area (Å²) in [5, 5.41) is 0. The minimum atomic E-state index is -1.33. The minimum absolute atomic E-state index is 0. The Morgan fingerprint density at radius 3 is 1.20 bits per heavy atom. The molecule has 0 aliphatic carbocycles. The van der Waals surface area contributed by atoms with Crippen LogP contribution in [0.2, 0.25) is 0 Å². The van der Waals surface area contributed by atoms with Gasteiger partial charge in [-0.05, 0) is 0 Å². The van der Waals surface area contributed by atoms with Crippen molar-refractivity contribution in [3.8, 4) is 0 Å². The van der Waals surface area contributed by atoms with Gasteiger partial charge in [0.15, 0.2) is 0 Å². The molecular weight excluding hydrogens is 187 g/mol. The van der Waals surface area contributed by atoms with Crippen LogP contribution in [0, 0.1) is 0 Å². The summed E-state index contributed by atoms with van der Waals surface area (Å²) in [5.74, 6) is 0. The van der Waals surface area contributed by atoms with Crippen molar-refractivity contribution < 1.29 is 14.0 Å². The first kappa shape index (κ1) is 10.2. The fraction of sp³-hybridized carbons (Fsp3) is 0. The standard InChI is InChI=1S/3ClH.Fe.Mg.2H/h3*1H;;;;/q;;;+3;+2;2*-1/p-3. The SMILES string of the molecule is [Cl][Fe]([Cl])[Cl].[H-].[H-].[Mg+2]. The molecule has 5 heavy (non-hydrogen) atoms. The second-order valence-electron chi connectivity index (χ2n) is 0.152. The van der Waals surface area contributed by atoms with Crippen molar-refractivity contribution in [2.75, 3.05) is 0 Å². The Kier molecular flexibility index (Phi) is 12.6. The van der Waals surface area contributed by atoms with Gasteiger partial charge in [0.05, 0.1) is 0 Å². The van der Waals surface area contributed by atoms with Crippen LogP contribution in [0.25, 0.3) is 0 Å². The molecule has 0 saturated carbocycles.